The van der Waals surface area contributed by atoms with Crippen molar-refractivity contribution in [1.29, 1.82) is 0 Å². The van der Waals surface area contributed by atoms with Crippen LogP contribution >= 0.6 is 23.7 Å². The smallest absolute Gasteiger partial charge is 0.223 e. The van der Waals surface area contributed by atoms with Crippen LogP contribution < -0.4 is 5.73 Å². The molecule has 4 nitrogen and oxygen atoms in total. The Balaban J connectivity index is 0.00000288. The minimum Gasteiger partial charge on any atom is -0.341 e. The Morgan fingerprint density at radius 2 is 1.75 bits per heavy atom. The van der Waals surface area contributed by atoms with E-state index < -0.39 is 0 Å². The van der Waals surface area contributed by atoms with Crippen LogP contribution in [0.5, 0.6) is 0 Å². The highest BCUT2D eigenvalue weighted by molar-refractivity contribution is 7.12. The van der Waals surface area contributed by atoms with E-state index in [1.807, 2.05) is 41.8 Å². The molecule has 2 N–H and O–H groups in total. The average molecular weight is 367 g/mol. The fourth-order valence-electron chi connectivity index (χ4n) is 2.36. The number of halogens is 1. The molecule has 0 aliphatic heterocycles. The molecule has 0 atom stereocenters. The highest BCUT2D eigenvalue weighted by Gasteiger charge is 2.15. The number of ketones is 1. The van der Waals surface area contributed by atoms with Crippen molar-refractivity contribution in [3.8, 4) is 0 Å². The number of hydrogen-bond acceptors (Lipinski definition) is 4. The summed E-state index contributed by atoms with van der Waals surface area (Å²) in [5.74, 6) is 0.0281. The minimum atomic E-state index is -0.00344. The highest BCUT2D eigenvalue weighted by atomic mass is 35.5. The molecule has 2 rings (SSSR count). The number of amides is 1. The Hall–Kier alpha value is -1.69. The third kappa shape index (κ3) is 6.43. The Morgan fingerprint density at radius 1 is 1.00 bits per heavy atom. The van der Waals surface area contributed by atoms with Gasteiger partial charge in [0.05, 0.1) is 4.88 Å². The molecule has 0 aliphatic rings. The molecule has 1 heterocycles. The number of Topliss-reactive ketones (excluding diaryl/α,β-unsaturated/α-hetero) is 1. The van der Waals surface area contributed by atoms with Gasteiger partial charge in [0.15, 0.2) is 5.78 Å². The molecule has 0 saturated carbocycles. The average Bonchev–Trinajstić information content (AvgIpc) is 3.11. The second-order valence-corrected chi connectivity index (χ2v) is 6.25. The first-order chi connectivity index (χ1) is 11.2. The Morgan fingerprint density at radius 3 is 2.38 bits per heavy atom. The molecule has 0 unspecified atom stereocenters. The zero-order valence-corrected chi connectivity index (χ0v) is 15.2. The van der Waals surface area contributed by atoms with Crippen LogP contribution in [0.2, 0.25) is 0 Å². The predicted octanol–water partition coefficient (Wildman–Crippen LogP) is 3.16. The Labute approximate surface area is 153 Å². The van der Waals surface area contributed by atoms with Crippen molar-refractivity contribution in [1.82, 2.24) is 4.90 Å². The molecule has 1 aromatic carbocycles. The summed E-state index contributed by atoms with van der Waals surface area (Å²) in [4.78, 5) is 26.8. The molecule has 0 spiro atoms. The van der Waals surface area contributed by atoms with Gasteiger partial charge < -0.3 is 10.6 Å². The van der Waals surface area contributed by atoms with Crippen LogP contribution in [0, 0.1) is 0 Å². The number of nitrogens with zero attached hydrogens (tertiary/aromatic N) is 1. The Kier molecular flexibility index (Phi) is 9.30. The molecule has 0 saturated heterocycles. The molecule has 1 aromatic heterocycles. The van der Waals surface area contributed by atoms with Crippen molar-refractivity contribution in [3.05, 3.63) is 58.3 Å². The number of carbonyl (C=O) groups is 2. The topological polar surface area (TPSA) is 63.4 Å². The first kappa shape index (κ1) is 20.4. The molecule has 0 aliphatic carbocycles. The Bertz CT molecular complexity index is 617. The van der Waals surface area contributed by atoms with Crippen molar-refractivity contribution in [2.45, 2.75) is 19.3 Å². The molecule has 2 aromatic rings. The highest BCUT2D eigenvalue weighted by Crippen LogP contribution is 2.13. The molecule has 24 heavy (non-hydrogen) atoms. The van der Waals surface area contributed by atoms with Crippen LogP contribution in [0.3, 0.4) is 0 Å². The van der Waals surface area contributed by atoms with Gasteiger partial charge in [0.25, 0.3) is 0 Å². The number of thiophene rings is 1. The number of nitrogens with two attached hydrogens (primary N) is 1. The van der Waals surface area contributed by atoms with Gasteiger partial charge in [0.2, 0.25) is 5.91 Å². The van der Waals surface area contributed by atoms with Crippen LogP contribution in [-0.4, -0.2) is 36.2 Å². The fraction of sp³-hybridized carbons (Fsp3) is 0.333. The van der Waals surface area contributed by atoms with E-state index in [2.05, 4.69) is 0 Å². The maximum atomic E-state index is 12.4. The van der Waals surface area contributed by atoms with Gasteiger partial charge in [-0.3, -0.25) is 9.59 Å². The van der Waals surface area contributed by atoms with Gasteiger partial charge in [0, 0.05) is 32.5 Å². The van der Waals surface area contributed by atoms with Gasteiger partial charge in [-0.2, -0.15) is 0 Å². The maximum absolute atomic E-state index is 12.4. The maximum Gasteiger partial charge on any atom is 0.223 e. The minimum absolute atomic E-state index is 0. The van der Waals surface area contributed by atoms with Crippen molar-refractivity contribution in [2.75, 3.05) is 19.6 Å². The summed E-state index contributed by atoms with van der Waals surface area (Å²) in [5.41, 5.74) is 6.80. The summed E-state index contributed by atoms with van der Waals surface area (Å²) >= 11 is 1.41. The molecule has 0 radical (unpaired) electrons. The van der Waals surface area contributed by atoms with Gasteiger partial charge in [-0.25, -0.2) is 0 Å². The van der Waals surface area contributed by atoms with Crippen LogP contribution in [0.25, 0.3) is 0 Å². The summed E-state index contributed by atoms with van der Waals surface area (Å²) < 4.78 is 0. The van der Waals surface area contributed by atoms with E-state index in [0.29, 0.717) is 24.5 Å². The van der Waals surface area contributed by atoms with Crippen LogP contribution in [-0.2, 0) is 11.2 Å². The summed E-state index contributed by atoms with van der Waals surface area (Å²) in [5, 5.41) is 1.87. The predicted molar refractivity (Wildman–Crippen MR) is 101 cm³/mol. The lowest BCUT2D eigenvalue weighted by Crippen LogP contribution is -2.37. The standard InChI is InChI=1S/C18H22N2O2S.ClH/c19-11-13-20(12-10-15-5-2-1-3-6-15)18(22)9-8-16(21)17-7-4-14-23-17;/h1-7,14H,8-13,19H2;1H. The van der Waals surface area contributed by atoms with Gasteiger partial charge in [-0.15, -0.1) is 23.7 Å². The first-order valence-corrected chi connectivity index (χ1v) is 8.67. The summed E-state index contributed by atoms with van der Waals surface area (Å²) in [6, 6.07) is 13.7. The number of rotatable bonds is 9. The lowest BCUT2D eigenvalue weighted by atomic mass is 10.1. The van der Waals surface area contributed by atoms with E-state index in [1.54, 1.807) is 11.0 Å². The number of carbonyl (C=O) groups excluding carboxylic acids is 2. The summed E-state index contributed by atoms with van der Waals surface area (Å²) in [6.07, 6.45) is 1.29. The number of hydrogen-bond donors (Lipinski definition) is 1. The van der Waals surface area contributed by atoms with E-state index in [9.17, 15) is 9.59 Å². The largest absolute Gasteiger partial charge is 0.341 e. The van der Waals surface area contributed by atoms with E-state index in [1.165, 1.54) is 16.9 Å². The fourth-order valence-corrected chi connectivity index (χ4v) is 3.06. The summed E-state index contributed by atoms with van der Waals surface area (Å²) in [7, 11) is 0. The number of benzene rings is 1. The van der Waals surface area contributed by atoms with Crippen LogP contribution in [0.4, 0.5) is 0 Å². The van der Waals surface area contributed by atoms with Gasteiger partial charge in [-0.1, -0.05) is 36.4 Å². The summed E-state index contributed by atoms with van der Waals surface area (Å²) in [6.45, 7) is 1.59. The van der Waals surface area contributed by atoms with Crippen molar-refractivity contribution in [2.24, 2.45) is 5.73 Å². The third-order valence-electron chi connectivity index (χ3n) is 3.63. The normalized spacial score (nSPS) is 10.0. The lowest BCUT2D eigenvalue weighted by molar-refractivity contribution is -0.131. The van der Waals surface area contributed by atoms with E-state index in [0.717, 1.165) is 6.42 Å². The molecule has 1 amide bonds. The molecule has 130 valence electrons. The van der Waals surface area contributed by atoms with Crippen molar-refractivity contribution >= 4 is 35.4 Å². The third-order valence-corrected chi connectivity index (χ3v) is 4.54. The lowest BCUT2D eigenvalue weighted by Gasteiger charge is -2.22. The first-order valence-electron chi connectivity index (χ1n) is 7.79. The van der Waals surface area contributed by atoms with Gasteiger partial charge >= 0.3 is 0 Å². The van der Waals surface area contributed by atoms with Gasteiger partial charge in [0.1, 0.15) is 0 Å². The second kappa shape index (κ2) is 11.0. The van der Waals surface area contributed by atoms with E-state index in [4.69, 9.17) is 5.73 Å². The van der Waals surface area contributed by atoms with Crippen molar-refractivity contribution in [3.63, 3.8) is 0 Å². The molecule has 6 heteroatoms. The zero-order valence-electron chi connectivity index (χ0n) is 13.5. The van der Waals surface area contributed by atoms with Crippen LogP contribution in [0.15, 0.2) is 47.8 Å². The molecular weight excluding hydrogens is 344 g/mol. The van der Waals surface area contributed by atoms with E-state index in [-0.39, 0.29) is 36.9 Å². The zero-order chi connectivity index (χ0) is 16.5. The van der Waals surface area contributed by atoms with E-state index >= 15 is 0 Å². The SMILES string of the molecule is Cl.NCCN(CCc1ccccc1)C(=O)CCC(=O)c1cccs1. The second-order valence-electron chi connectivity index (χ2n) is 5.31. The van der Waals surface area contributed by atoms with Crippen LogP contribution in [0.1, 0.15) is 28.1 Å². The molecule has 0 fully saturated rings. The quantitative estimate of drug-likeness (QED) is 0.693. The van der Waals surface area contributed by atoms with Gasteiger partial charge in [-0.05, 0) is 23.4 Å². The monoisotopic (exact) mass is 366 g/mol. The molecular formula is C18H23ClN2O2S. The van der Waals surface area contributed by atoms with Crippen molar-refractivity contribution < 1.29 is 9.59 Å². The molecule has 0 bridgehead atoms.